The minimum absolute atomic E-state index is 0.168. The highest BCUT2D eigenvalue weighted by molar-refractivity contribution is 7.99. The van der Waals surface area contributed by atoms with Crippen molar-refractivity contribution in [1.29, 1.82) is 0 Å². The summed E-state index contributed by atoms with van der Waals surface area (Å²) in [6, 6.07) is 14.6. The molecule has 3 rings (SSSR count). The molecule has 1 N–H and O–H groups in total. The van der Waals surface area contributed by atoms with E-state index in [-0.39, 0.29) is 11.7 Å². The van der Waals surface area contributed by atoms with Crippen molar-refractivity contribution in [3.05, 3.63) is 59.4 Å². The molecule has 6 nitrogen and oxygen atoms in total. The summed E-state index contributed by atoms with van der Waals surface area (Å²) in [7, 11) is 1.54. The number of methoxy groups -OCH3 is 1. The average molecular weight is 390 g/mol. The molecule has 1 amide bonds. The Balaban J connectivity index is 1.52. The number of carbonyl (C=O) groups excluding carboxylic acids is 1. The molecular weight excluding hydrogens is 374 g/mol. The Bertz CT molecular complexity index is 886. The van der Waals surface area contributed by atoms with Crippen LogP contribution in [-0.2, 0) is 10.5 Å². The molecule has 134 valence electrons. The number of thioether (sulfide) groups is 1. The number of hydrogen-bond acceptors (Lipinski definition) is 6. The van der Waals surface area contributed by atoms with Gasteiger partial charge in [0.2, 0.25) is 17.6 Å². The molecule has 0 saturated heterocycles. The fraction of sp³-hybridized carbons (Fsp3) is 0.167. The summed E-state index contributed by atoms with van der Waals surface area (Å²) in [5, 5.41) is 7.26. The molecule has 3 aromatic rings. The number of aromatic nitrogens is 2. The zero-order valence-electron chi connectivity index (χ0n) is 13.9. The summed E-state index contributed by atoms with van der Waals surface area (Å²) in [4.78, 5) is 16.4. The number of ether oxygens (including phenoxy) is 1. The molecule has 26 heavy (non-hydrogen) atoms. The first-order chi connectivity index (χ1) is 12.7. The number of rotatable bonds is 7. The van der Waals surface area contributed by atoms with Gasteiger partial charge in [-0.05, 0) is 18.2 Å². The maximum absolute atomic E-state index is 12.1. The first-order valence-electron chi connectivity index (χ1n) is 7.75. The van der Waals surface area contributed by atoms with Crippen LogP contribution in [0.4, 0.5) is 5.69 Å². The first-order valence-corrected chi connectivity index (χ1v) is 9.28. The van der Waals surface area contributed by atoms with Crippen molar-refractivity contribution < 1.29 is 14.1 Å². The molecular formula is C18H16ClN3O3S. The van der Waals surface area contributed by atoms with Crippen LogP contribution in [-0.4, -0.2) is 28.9 Å². The lowest BCUT2D eigenvalue weighted by atomic mass is 10.2. The quantitative estimate of drug-likeness (QED) is 0.650. The Morgan fingerprint density at radius 1 is 1.27 bits per heavy atom. The van der Waals surface area contributed by atoms with Gasteiger partial charge in [-0.2, -0.15) is 4.98 Å². The van der Waals surface area contributed by atoms with Crippen LogP contribution in [0.5, 0.6) is 5.75 Å². The molecule has 0 bridgehead atoms. The topological polar surface area (TPSA) is 77.2 Å². The number of carbonyl (C=O) groups is 1. The smallest absolute Gasteiger partial charge is 0.236 e. The van der Waals surface area contributed by atoms with Crippen molar-refractivity contribution >= 4 is 35.0 Å². The summed E-state index contributed by atoms with van der Waals surface area (Å²) in [5.41, 5.74) is 1.42. The van der Waals surface area contributed by atoms with Gasteiger partial charge in [0.1, 0.15) is 5.75 Å². The van der Waals surface area contributed by atoms with Crippen LogP contribution in [0.3, 0.4) is 0 Å². The summed E-state index contributed by atoms with van der Waals surface area (Å²) < 4.78 is 10.4. The van der Waals surface area contributed by atoms with Gasteiger partial charge in [-0.1, -0.05) is 47.1 Å². The Hall–Kier alpha value is -2.51. The normalized spacial score (nSPS) is 10.5. The van der Waals surface area contributed by atoms with Gasteiger partial charge in [0.15, 0.2) is 0 Å². The predicted octanol–water partition coefficient (Wildman–Crippen LogP) is 4.27. The van der Waals surface area contributed by atoms with E-state index in [9.17, 15) is 4.79 Å². The number of benzene rings is 2. The maximum Gasteiger partial charge on any atom is 0.236 e. The zero-order valence-corrected chi connectivity index (χ0v) is 15.5. The Kier molecular flexibility index (Phi) is 6.14. The summed E-state index contributed by atoms with van der Waals surface area (Å²) in [6.45, 7) is 0. The van der Waals surface area contributed by atoms with E-state index in [2.05, 4.69) is 15.5 Å². The molecule has 0 aliphatic carbocycles. The van der Waals surface area contributed by atoms with Crippen LogP contribution in [0, 0.1) is 0 Å². The molecule has 1 aromatic heterocycles. The van der Waals surface area contributed by atoms with Gasteiger partial charge >= 0.3 is 0 Å². The van der Waals surface area contributed by atoms with E-state index in [4.69, 9.17) is 20.9 Å². The van der Waals surface area contributed by atoms with Crippen molar-refractivity contribution in [3.8, 4) is 17.1 Å². The third kappa shape index (κ3) is 4.77. The van der Waals surface area contributed by atoms with Crippen molar-refractivity contribution in [3.63, 3.8) is 0 Å². The van der Waals surface area contributed by atoms with E-state index < -0.39 is 0 Å². The highest BCUT2D eigenvalue weighted by atomic mass is 35.5. The fourth-order valence-electron chi connectivity index (χ4n) is 2.21. The van der Waals surface area contributed by atoms with Crippen LogP contribution in [0.25, 0.3) is 11.4 Å². The van der Waals surface area contributed by atoms with Gasteiger partial charge < -0.3 is 14.6 Å². The molecule has 1 heterocycles. The highest BCUT2D eigenvalue weighted by Crippen LogP contribution is 2.28. The predicted molar refractivity (Wildman–Crippen MR) is 103 cm³/mol. The number of amides is 1. The summed E-state index contributed by atoms with van der Waals surface area (Å²) >= 11 is 7.33. The van der Waals surface area contributed by atoms with Crippen LogP contribution < -0.4 is 10.1 Å². The molecule has 0 spiro atoms. The summed E-state index contributed by atoms with van der Waals surface area (Å²) in [5.74, 6) is 2.07. The van der Waals surface area contributed by atoms with Crippen molar-refractivity contribution in [2.75, 3.05) is 18.2 Å². The standard InChI is InChI=1S/C18H16ClN3O3S/c1-24-15-8-7-13(19)9-14(15)20-16(23)10-26-11-17-21-18(22-25-17)12-5-3-2-4-6-12/h2-9H,10-11H2,1H3,(H,20,23). The minimum atomic E-state index is -0.168. The molecule has 0 fully saturated rings. The van der Waals surface area contributed by atoms with E-state index in [0.29, 0.717) is 33.9 Å². The SMILES string of the molecule is COc1ccc(Cl)cc1NC(=O)CSCc1nc(-c2ccccc2)no1. The van der Waals surface area contributed by atoms with Crippen molar-refractivity contribution in [2.45, 2.75) is 5.75 Å². The van der Waals surface area contributed by atoms with E-state index in [0.717, 1.165) is 5.56 Å². The molecule has 0 atom stereocenters. The molecule has 0 unspecified atom stereocenters. The minimum Gasteiger partial charge on any atom is -0.495 e. The number of nitrogens with one attached hydrogen (secondary N) is 1. The largest absolute Gasteiger partial charge is 0.495 e. The molecule has 0 aliphatic heterocycles. The van der Waals surface area contributed by atoms with E-state index >= 15 is 0 Å². The lowest BCUT2D eigenvalue weighted by Crippen LogP contribution is -2.14. The monoisotopic (exact) mass is 389 g/mol. The third-order valence-corrected chi connectivity index (χ3v) is 4.55. The fourth-order valence-corrected chi connectivity index (χ4v) is 3.04. The lowest BCUT2D eigenvalue weighted by Gasteiger charge is -2.10. The molecule has 0 aliphatic rings. The average Bonchev–Trinajstić information content (AvgIpc) is 3.11. The van der Waals surface area contributed by atoms with Gasteiger partial charge in [0.25, 0.3) is 0 Å². The zero-order chi connectivity index (χ0) is 18.4. The third-order valence-electron chi connectivity index (χ3n) is 3.39. The number of anilines is 1. The summed E-state index contributed by atoms with van der Waals surface area (Å²) in [6.07, 6.45) is 0. The maximum atomic E-state index is 12.1. The molecule has 8 heteroatoms. The van der Waals surface area contributed by atoms with Gasteiger partial charge in [0, 0.05) is 10.6 Å². The highest BCUT2D eigenvalue weighted by Gasteiger charge is 2.11. The molecule has 0 saturated carbocycles. The van der Waals surface area contributed by atoms with Gasteiger partial charge in [-0.15, -0.1) is 11.8 Å². The lowest BCUT2D eigenvalue weighted by molar-refractivity contribution is -0.113. The number of halogens is 1. The van der Waals surface area contributed by atoms with Crippen LogP contribution in [0.15, 0.2) is 53.1 Å². The molecule has 2 aromatic carbocycles. The molecule has 0 radical (unpaired) electrons. The number of hydrogen-bond donors (Lipinski definition) is 1. The van der Waals surface area contributed by atoms with E-state index in [1.807, 2.05) is 30.3 Å². The Morgan fingerprint density at radius 2 is 2.08 bits per heavy atom. The van der Waals surface area contributed by atoms with E-state index in [1.165, 1.54) is 18.9 Å². The van der Waals surface area contributed by atoms with Crippen molar-refractivity contribution in [1.82, 2.24) is 10.1 Å². The van der Waals surface area contributed by atoms with E-state index in [1.54, 1.807) is 18.2 Å². The second-order valence-electron chi connectivity index (χ2n) is 5.26. The first kappa shape index (κ1) is 18.3. The van der Waals surface area contributed by atoms with Gasteiger partial charge in [-0.3, -0.25) is 4.79 Å². The second-order valence-corrected chi connectivity index (χ2v) is 6.69. The number of nitrogens with zero attached hydrogens (tertiary/aromatic N) is 2. The second kappa shape index (κ2) is 8.73. The Morgan fingerprint density at radius 3 is 2.85 bits per heavy atom. The van der Waals surface area contributed by atoms with Crippen molar-refractivity contribution in [2.24, 2.45) is 0 Å². The van der Waals surface area contributed by atoms with Gasteiger partial charge in [0.05, 0.1) is 24.3 Å². The van der Waals surface area contributed by atoms with Crippen LogP contribution >= 0.6 is 23.4 Å². The Labute approximate surface area is 159 Å². The van der Waals surface area contributed by atoms with Crippen LogP contribution in [0.1, 0.15) is 5.89 Å². The van der Waals surface area contributed by atoms with Crippen LogP contribution in [0.2, 0.25) is 5.02 Å². The van der Waals surface area contributed by atoms with Gasteiger partial charge in [-0.25, -0.2) is 0 Å².